The van der Waals surface area contributed by atoms with E-state index >= 15 is 0 Å². The lowest BCUT2D eigenvalue weighted by Gasteiger charge is -2.43. The van der Waals surface area contributed by atoms with E-state index in [2.05, 4.69) is 23.6 Å². The van der Waals surface area contributed by atoms with Gasteiger partial charge in [-0.05, 0) is 64.7 Å². The predicted molar refractivity (Wildman–Crippen MR) is 73.1 cm³/mol. The number of piperidine rings is 2. The van der Waals surface area contributed by atoms with Crippen LogP contribution < -0.4 is 5.73 Å². The van der Waals surface area contributed by atoms with Gasteiger partial charge in [0.15, 0.2) is 0 Å². The Kier molecular flexibility index (Phi) is 4.83. The summed E-state index contributed by atoms with van der Waals surface area (Å²) in [6.07, 6.45) is 5.40. The average Bonchev–Trinajstić information content (AvgIpc) is 2.39. The van der Waals surface area contributed by atoms with Gasteiger partial charge in [0.1, 0.15) is 0 Å². The lowest BCUT2D eigenvalue weighted by molar-refractivity contribution is 0.0682. The molecule has 17 heavy (non-hydrogen) atoms. The Labute approximate surface area is 106 Å². The third-order valence-electron chi connectivity index (χ3n) is 4.75. The molecule has 0 spiro atoms. The molecule has 2 rings (SSSR count). The minimum atomic E-state index is 0.369. The van der Waals surface area contributed by atoms with Crippen LogP contribution in [0.4, 0.5) is 0 Å². The maximum Gasteiger partial charge on any atom is 0.0120 e. The molecule has 0 aliphatic carbocycles. The third-order valence-corrected chi connectivity index (χ3v) is 4.75. The number of nitrogens with two attached hydrogens (primary N) is 1. The van der Waals surface area contributed by atoms with Gasteiger partial charge in [-0.1, -0.05) is 6.92 Å². The zero-order valence-corrected chi connectivity index (χ0v) is 11.6. The summed E-state index contributed by atoms with van der Waals surface area (Å²) >= 11 is 0. The molecule has 0 saturated carbocycles. The van der Waals surface area contributed by atoms with E-state index in [9.17, 15) is 0 Å². The van der Waals surface area contributed by atoms with Gasteiger partial charge in [0.25, 0.3) is 0 Å². The summed E-state index contributed by atoms with van der Waals surface area (Å²) in [5.41, 5.74) is 6.07. The van der Waals surface area contributed by atoms with E-state index in [4.69, 9.17) is 5.73 Å². The molecule has 2 atom stereocenters. The number of hydrogen-bond donors (Lipinski definition) is 1. The first-order valence-electron chi connectivity index (χ1n) is 7.42. The van der Waals surface area contributed by atoms with Crippen molar-refractivity contribution in [3.63, 3.8) is 0 Å². The quantitative estimate of drug-likeness (QED) is 0.811. The van der Waals surface area contributed by atoms with Gasteiger partial charge >= 0.3 is 0 Å². The highest BCUT2D eigenvalue weighted by molar-refractivity contribution is 4.85. The molecule has 0 bridgehead atoms. The average molecular weight is 239 g/mol. The molecule has 3 nitrogen and oxygen atoms in total. The Morgan fingerprint density at radius 3 is 2.47 bits per heavy atom. The van der Waals surface area contributed by atoms with Crippen LogP contribution in [0.3, 0.4) is 0 Å². The van der Waals surface area contributed by atoms with Gasteiger partial charge in [0, 0.05) is 18.6 Å². The van der Waals surface area contributed by atoms with Gasteiger partial charge < -0.3 is 10.6 Å². The third kappa shape index (κ3) is 3.43. The molecular formula is C14H29N3. The molecule has 2 N–H and O–H groups in total. The zero-order valence-electron chi connectivity index (χ0n) is 11.6. The van der Waals surface area contributed by atoms with E-state index in [0.29, 0.717) is 6.04 Å². The van der Waals surface area contributed by atoms with E-state index in [1.165, 1.54) is 58.4 Å². The molecule has 2 aliphatic rings. The van der Waals surface area contributed by atoms with Gasteiger partial charge in [0.05, 0.1) is 0 Å². The Morgan fingerprint density at radius 2 is 1.88 bits per heavy atom. The van der Waals surface area contributed by atoms with E-state index in [1.807, 2.05) is 0 Å². The molecule has 0 radical (unpaired) electrons. The molecule has 2 heterocycles. The highest BCUT2D eigenvalue weighted by Crippen LogP contribution is 2.24. The molecule has 2 aliphatic heterocycles. The summed E-state index contributed by atoms with van der Waals surface area (Å²) in [6.45, 7) is 10.8. The van der Waals surface area contributed by atoms with Crippen molar-refractivity contribution in [1.82, 2.24) is 9.80 Å². The Bertz CT molecular complexity index is 222. The van der Waals surface area contributed by atoms with Gasteiger partial charge in [-0.15, -0.1) is 0 Å². The fourth-order valence-electron chi connectivity index (χ4n) is 3.40. The highest BCUT2D eigenvalue weighted by Gasteiger charge is 2.29. The number of nitrogens with zero attached hydrogens (tertiary/aromatic N) is 2. The van der Waals surface area contributed by atoms with Gasteiger partial charge in [-0.25, -0.2) is 0 Å². The second kappa shape index (κ2) is 6.17. The van der Waals surface area contributed by atoms with Crippen LogP contribution >= 0.6 is 0 Å². The van der Waals surface area contributed by atoms with Crippen LogP contribution in [0.25, 0.3) is 0 Å². The van der Waals surface area contributed by atoms with Crippen LogP contribution in [0.1, 0.15) is 39.5 Å². The van der Waals surface area contributed by atoms with Crippen molar-refractivity contribution >= 4 is 0 Å². The first-order valence-corrected chi connectivity index (χ1v) is 7.42. The molecule has 2 saturated heterocycles. The number of rotatable bonds is 3. The molecular weight excluding hydrogens is 210 g/mol. The Balaban J connectivity index is 1.82. The highest BCUT2D eigenvalue weighted by atomic mass is 15.2. The monoisotopic (exact) mass is 239 g/mol. The van der Waals surface area contributed by atoms with Gasteiger partial charge in [-0.2, -0.15) is 0 Å². The van der Waals surface area contributed by atoms with Crippen molar-refractivity contribution < 1.29 is 0 Å². The molecule has 0 aromatic heterocycles. The minimum absolute atomic E-state index is 0.369. The van der Waals surface area contributed by atoms with E-state index in [1.54, 1.807) is 0 Å². The predicted octanol–water partition coefficient (Wildman–Crippen LogP) is 1.53. The SMILES string of the molecule is CCN1CCC(N2CCCC(C(C)N)C2)CC1. The van der Waals surface area contributed by atoms with Crippen LogP contribution in [0.15, 0.2) is 0 Å². The Morgan fingerprint density at radius 1 is 1.18 bits per heavy atom. The summed E-state index contributed by atoms with van der Waals surface area (Å²) in [5, 5.41) is 0. The topological polar surface area (TPSA) is 32.5 Å². The molecule has 0 aromatic rings. The van der Waals surface area contributed by atoms with Gasteiger partial charge in [0.2, 0.25) is 0 Å². The summed E-state index contributed by atoms with van der Waals surface area (Å²) in [6, 6.07) is 1.20. The first kappa shape index (κ1) is 13.3. The summed E-state index contributed by atoms with van der Waals surface area (Å²) < 4.78 is 0. The van der Waals surface area contributed by atoms with Crippen LogP contribution in [0.2, 0.25) is 0 Å². The largest absolute Gasteiger partial charge is 0.328 e. The number of hydrogen-bond acceptors (Lipinski definition) is 3. The maximum atomic E-state index is 6.07. The number of likely N-dealkylation sites (tertiary alicyclic amines) is 2. The fraction of sp³-hybridized carbons (Fsp3) is 1.00. The van der Waals surface area contributed by atoms with Crippen molar-refractivity contribution in [1.29, 1.82) is 0 Å². The van der Waals surface area contributed by atoms with Gasteiger partial charge in [-0.3, -0.25) is 4.90 Å². The van der Waals surface area contributed by atoms with E-state index in [0.717, 1.165) is 12.0 Å². The van der Waals surface area contributed by atoms with E-state index in [-0.39, 0.29) is 0 Å². The second-order valence-corrected chi connectivity index (χ2v) is 5.92. The van der Waals surface area contributed by atoms with Crippen LogP contribution in [0, 0.1) is 5.92 Å². The molecule has 0 amide bonds. The zero-order chi connectivity index (χ0) is 12.3. The maximum absolute atomic E-state index is 6.07. The molecule has 0 aromatic carbocycles. The van der Waals surface area contributed by atoms with Crippen molar-refractivity contribution in [3.8, 4) is 0 Å². The molecule has 3 heteroatoms. The molecule has 2 fully saturated rings. The van der Waals surface area contributed by atoms with Crippen molar-refractivity contribution in [2.75, 3.05) is 32.7 Å². The summed E-state index contributed by atoms with van der Waals surface area (Å²) in [5.74, 6) is 0.730. The van der Waals surface area contributed by atoms with Crippen molar-refractivity contribution in [3.05, 3.63) is 0 Å². The van der Waals surface area contributed by atoms with Crippen LogP contribution in [0.5, 0.6) is 0 Å². The smallest absolute Gasteiger partial charge is 0.0120 e. The fourth-order valence-corrected chi connectivity index (χ4v) is 3.40. The standard InChI is InChI=1S/C14H29N3/c1-3-16-9-6-14(7-10-16)17-8-4-5-13(11-17)12(2)15/h12-14H,3-11,15H2,1-2H3. The van der Waals surface area contributed by atoms with Crippen molar-refractivity contribution in [2.45, 2.75) is 51.6 Å². The minimum Gasteiger partial charge on any atom is -0.328 e. The van der Waals surface area contributed by atoms with Crippen LogP contribution in [-0.2, 0) is 0 Å². The first-order chi connectivity index (χ1) is 8.20. The lowest BCUT2D eigenvalue weighted by Crippen LogP contribution is -2.50. The summed E-state index contributed by atoms with van der Waals surface area (Å²) in [7, 11) is 0. The molecule has 2 unspecified atom stereocenters. The summed E-state index contributed by atoms with van der Waals surface area (Å²) in [4.78, 5) is 5.30. The molecule has 100 valence electrons. The van der Waals surface area contributed by atoms with E-state index < -0.39 is 0 Å². The Hall–Kier alpha value is -0.120. The van der Waals surface area contributed by atoms with Crippen molar-refractivity contribution in [2.24, 2.45) is 11.7 Å². The normalized spacial score (nSPS) is 31.6. The van der Waals surface area contributed by atoms with Crippen LogP contribution in [-0.4, -0.2) is 54.6 Å². The second-order valence-electron chi connectivity index (χ2n) is 5.92. The lowest BCUT2D eigenvalue weighted by atomic mass is 9.90.